The zero-order valence-corrected chi connectivity index (χ0v) is 10.5. The number of hydrogen-bond acceptors (Lipinski definition) is 6. The van der Waals surface area contributed by atoms with Gasteiger partial charge >= 0.3 is 5.69 Å². The number of carbonyl (C=O) groups is 1. The van der Waals surface area contributed by atoms with E-state index in [0.717, 1.165) is 4.57 Å². The Morgan fingerprint density at radius 2 is 2.06 bits per heavy atom. The van der Waals surface area contributed by atoms with Gasteiger partial charge in [0.05, 0.1) is 24.9 Å². The van der Waals surface area contributed by atoms with Crippen molar-refractivity contribution in [2.75, 3.05) is 0 Å². The maximum Gasteiger partial charge on any atom is 0.332 e. The van der Waals surface area contributed by atoms with Crippen LogP contribution in [0, 0.1) is 0 Å². The number of rotatable bonds is 2. The van der Waals surface area contributed by atoms with Gasteiger partial charge in [-0.3, -0.25) is 18.7 Å². The molecule has 96 valence electrons. The zero-order chi connectivity index (χ0) is 13.4. The SMILES string of the molecule is Cn1c(=O)c2c(ncn2CC(=O)SO)n(C)c1=O. The molecule has 9 heteroatoms. The van der Waals surface area contributed by atoms with E-state index in [-0.39, 0.29) is 29.8 Å². The molecule has 2 heterocycles. The van der Waals surface area contributed by atoms with Crippen LogP contribution in [0.2, 0.25) is 0 Å². The van der Waals surface area contributed by atoms with E-state index in [1.54, 1.807) is 0 Å². The fourth-order valence-electron chi connectivity index (χ4n) is 1.68. The van der Waals surface area contributed by atoms with Gasteiger partial charge < -0.3 is 9.12 Å². The van der Waals surface area contributed by atoms with Crippen LogP contribution in [0.5, 0.6) is 0 Å². The van der Waals surface area contributed by atoms with Crippen molar-refractivity contribution in [3.8, 4) is 0 Å². The van der Waals surface area contributed by atoms with Gasteiger partial charge in [-0.2, -0.15) is 0 Å². The highest BCUT2D eigenvalue weighted by Crippen LogP contribution is 2.07. The van der Waals surface area contributed by atoms with Crippen LogP contribution >= 0.6 is 12.0 Å². The molecule has 0 unspecified atom stereocenters. The van der Waals surface area contributed by atoms with Gasteiger partial charge in [-0.25, -0.2) is 9.78 Å². The number of aromatic nitrogens is 4. The number of fused-ring (bicyclic) bond motifs is 1. The Morgan fingerprint density at radius 3 is 2.67 bits per heavy atom. The molecule has 2 rings (SSSR count). The molecule has 0 aromatic carbocycles. The summed E-state index contributed by atoms with van der Waals surface area (Å²) < 4.78 is 12.1. The van der Waals surface area contributed by atoms with E-state index in [2.05, 4.69) is 4.98 Å². The molecular formula is C9H10N4O4S. The summed E-state index contributed by atoms with van der Waals surface area (Å²) in [7, 11) is 2.84. The predicted octanol–water partition coefficient (Wildman–Crippen LogP) is -0.834. The van der Waals surface area contributed by atoms with E-state index in [1.165, 1.54) is 29.6 Å². The Labute approximate surface area is 105 Å². The molecule has 0 aliphatic rings. The zero-order valence-electron chi connectivity index (χ0n) is 9.65. The highest BCUT2D eigenvalue weighted by Gasteiger charge is 2.15. The quantitative estimate of drug-likeness (QED) is 0.715. The fraction of sp³-hybridized carbons (Fsp3) is 0.333. The van der Waals surface area contributed by atoms with Crippen molar-refractivity contribution < 1.29 is 9.35 Å². The monoisotopic (exact) mass is 270 g/mol. The van der Waals surface area contributed by atoms with Crippen LogP contribution in [0.1, 0.15) is 0 Å². The third-order valence-electron chi connectivity index (χ3n) is 2.62. The molecule has 1 N–H and O–H groups in total. The molecule has 8 nitrogen and oxygen atoms in total. The Morgan fingerprint density at radius 1 is 1.39 bits per heavy atom. The van der Waals surface area contributed by atoms with Gasteiger partial charge in [0.1, 0.15) is 0 Å². The third kappa shape index (κ3) is 1.77. The second kappa shape index (κ2) is 4.42. The standard InChI is InChI=1S/C9H10N4O4S/c1-11-7-6(8(15)12(2)9(11)16)13(4-10-7)3-5(14)18-17/h4,17H,3H2,1-2H3. The van der Waals surface area contributed by atoms with Crippen LogP contribution in [0.4, 0.5) is 0 Å². The second-order valence-electron chi connectivity index (χ2n) is 3.71. The van der Waals surface area contributed by atoms with Crippen molar-refractivity contribution in [1.82, 2.24) is 18.7 Å². The topological polar surface area (TPSA) is 99.1 Å². The van der Waals surface area contributed by atoms with E-state index < -0.39 is 16.4 Å². The first-order valence-corrected chi connectivity index (χ1v) is 5.69. The van der Waals surface area contributed by atoms with Gasteiger partial charge in [0.2, 0.25) is 5.12 Å². The Balaban J connectivity index is 2.78. The third-order valence-corrected chi connectivity index (χ3v) is 2.95. The number of hydrogen-bond donors (Lipinski definition) is 1. The maximum absolute atomic E-state index is 12.0. The molecule has 0 aliphatic carbocycles. The Bertz CT molecular complexity index is 741. The van der Waals surface area contributed by atoms with Crippen LogP contribution in [0.25, 0.3) is 11.2 Å². The van der Waals surface area contributed by atoms with Crippen molar-refractivity contribution >= 4 is 28.3 Å². The average molecular weight is 270 g/mol. The molecule has 0 radical (unpaired) electrons. The van der Waals surface area contributed by atoms with Crippen LogP contribution in [0.15, 0.2) is 15.9 Å². The highest BCUT2D eigenvalue weighted by molar-refractivity contribution is 8.08. The maximum atomic E-state index is 12.0. The summed E-state index contributed by atoms with van der Waals surface area (Å²) in [6, 6.07) is 0. The Hall–Kier alpha value is -1.87. The number of imidazole rings is 1. The van der Waals surface area contributed by atoms with Crippen molar-refractivity contribution in [3.05, 3.63) is 27.2 Å². The van der Waals surface area contributed by atoms with Gasteiger partial charge in [-0.05, 0) is 0 Å². The molecule has 18 heavy (non-hydrogen) atoms. The molecule has 0 bridgehead atoms. The van der Waals surface area contributed by atoms with Crippen LogP contribution in [-0.4, -0.2) is 28.4 Å². The van der Waals surface area contributed by atoms with E-state index in [9.17, 15) is 14.4 Å². The predicted molar refractivity (Wildman–Crippen MR) is 65.4 cm³/mol. The molecule has 0 amide bonds. The summed E-state index contributed by atoms with van der Waals surface area (Å²) in [5.41, 5.74) is -0.650. The summed E-state index contributed by atoms with van der Waals surface area (Å²) >= 11 is 0.0841. The lowest BCUT2D eigenvalue weighted by molar-refractivity contribution is -0.111. The lowest BCUT2D eigenvalue weighted by atomic mass is 10.5. The largest absolute Gasteiger partial charge is 0.332 e. The average Bonchev–Trinajstić information content (AvgIpc) is 2.77. The van der Waals surface area contributed by atoms with Crippen molar-refractivity contribution in [3.63, 3.8) is 0 Å². The van der Waals surface area contributed by atoms with Crippen molar-refractivity contribution in [2.24, 2.45) is 14.1 Å². The minimum atomic E-state index is -0.527. The fourth-order valence-corrected chi connectivity index (χ4v) is 1.88. The normalized spacial score (nSPS) is 11.1. The summed E-state index contributed by atoms with van der Waals surface area (Å²) in [6.45, 7) is -0.189. The van der Waals surface area contributed by atoms with E-state index >= 15 is 0 Å². The van der Waals surface area contributed by atoms with Gasteiger partial charge in [-0.15, -0.1) is 0 Å². The summed E-state index contributed by atoms with van der Waals surface area (Å²) in [6.07, 6.45) is 1.29. The smallest absolute Gasteiger partial charge is 0.323 e. The first-order valence-electron chi connectivity index (χ1n) is 4.92. The molecule has 0 saturated heterocycles. The first-order chi connectivity index (χ1) is 8.47. The van der Waals surface area contributed by atoms with Crippen LogP contribution in [0.3, 0.4) is 0 Å². The molecule has 0 fully saturated rings. The minimum Gasteiger partial charge on any atom is -0.323 e. The molecule has 0 aliphatic heterocycles. The molecule has 2 aromatic heterocycles. The van der Waals surface area contributed by atoms with Crippen molar-refractivity contribution in [1.29, 1.82) is 0 Å². The lowest BCUT2D eigenvalue weighted by Gasteiger charge is -2.04. The van der Waals surface area contributed by atoms with Crippen LogP contribution < -0.4 is 11.2 Å². The van der Waals surface area contributed by atoms with E-state index in [1.807, 2.05) is 0 Å². The van der Waals surface area contributed by atoms with Crippen molar-refractivity contribution in [2.45, 2.75) is 6.54 Å². The Kier molecular flexibility index (Phi) is 3.09. The lowest BCUT2D eigenvalue weighted by Crippen LogP contribution is -2.37. The molecule has 0 spiro atoms. The molecule has 0 atom stereocenters. The van der Waals surface area contributed by atoms with Gasteiger partial charge in [-0.1, -0.05) is 0 Å². The molecular weight excluding hydrogens is 260 g/mol. The summed E-state index contributed by atoms with van der Waals surface area (Å²) in [5, 5.41) is -0.523. The summed E-state index contributed by atoms with van der Waals surface area (Å²) in [5.74, 6) is 0. The molecule has 0 saturated carbocycles. The highest BCUT2D eigenvalue weighted by atomic mass is 32.2. The second-order valence-corrected chi connectivity index (χ2v) is 4.35. The number of nitrogens with zero attached hydrogens (tertiary/aromatic N) is 4. The van der Waals surface area contributed by atoms with E-state index in [0.29, 0.717) is 0 Å². The molecule has 2 aromatic rings. The van der Waals surface area contributed by atoms with Crippen LogP contribution in [-0.2, 0) is 25.4 Å². The van der Waals surface area contributed by atoms with Gasteiger partial charge in [0, 0.05) is 14.1 Å². The number of carbonyl (C=O) groups excluding carboxylic acids is 1. The minimum absolute atomic E-state index is 0.0841. The van der Waals surface area contributed by atoms with Gasteiger partial charge in [0.15, 0.2) is 11.2 Å². The first kappa shape index (κ1) is 12.6. The number of aryl methyl sites for hydroxylation is 1. The van der Waals surface area contributed by atoms with Gasteiger partial charge in [0.25, 0.3) is 5.56 Å². The van der Waals surface area contributed by atoms with E-state index in [4.69, 9.17) is 4.55 Å². The summed E-state index contributed by atoms with van der Waals surface area (Å²) in [4.78, 5) is 38.7.